The van der Waals surface area contributed by atoms with Gasteiger partial charge in [-0.25, -0.2) is 4.79 Å². The number of aliphatic imine (C=N–C) groups is 1. The van der Waals surface area contributed by atoms with Gasteiger partial charge in [0.1, 0.15) is 5.60 Å². The van der Waals surface area contributed by atoms with E-state index >= 15 is 0 Å². The summed E-state index contributed by atoms with van der Waals surface area (Å²) < 4.78 is 5.19. The Morgan fingerprint density at radius 2 is 1.67 bits per heavy atom. The number of halogens is 1. The minimum atomic E-state index is -0.473. The average Bonchev–Trinajstić information content (AvgIpc) is 2.56. The van der Waals surface area contributed by atoms with E-state index in [-0.39, 0.29) is 30.1 Å². The summed E-state index contributed by atoms with van der Waals surface area (Å²) in [5.41, 5.74) is 1.89. The third-order valence-electron chi connectivity index (χ3n) is 3.45. The molecule has 0 atom stereocenters. The van der Waals surface area contributed by atoms with Gasteiger partial charge in [-0.05, 0) is 44.9 Å². The molecule has 1 aromatic carbocycles. The summed E-state index contributed by atoms with van der Waals surface area (Å²) >= 11 is 0. The topological polar surface area (TPSA) is 78.0 Å². The summed E-state index contributed by atoms with van der Waals surface area (Å²) in [6.07, 6.45) is 0.387. The standard InChI is InChI=1S/C19H33N5O2.HI/c1-19(2,3)26-18(25)22-13-7-12-21-17(20-4)23-14-15-8-10-16(11-9-15)24(5)6;/h8-11H,7,12-14H2,1-6H3,(H,22,25)(H2,20,21,23);1H. The Morgan fingerprint density at radius 1 is 1.07 bits per heavy atom. The Bertz CT molecular complexity index is 583. The van der Waals surface area contributed by atoms with Crippen LogP contribution in [0.15, 0.2) is 29.3 Å². The third kappa shape index (κ3) is 11.6. The van der Waals surface area contributed by atoms with Crippen LogP contribution >= 0.6 is 24.0 Å². The fraction of sp³-hybridized carbons (Fsp3) is 0.579. The van der Waals surface area contributed by atoms with Crippen LogP contribution in [0.1, 0.15) is 32.8 Å². The number of amides is 1. The van der Waals surface area contributed by atoms with E-state index in [1.165, 1.54) is 11.3 Å². The molecule has 0 radical (unpaired) electrons. The Hall–Kier alpha value is -1.71. The maximum Gasteiger partial charge on any atom is 0.407 e. The second-order valence-corrected chi connectivity index (χ2v) is 7.20. The van der Waals surface area contributed by atoms with Gasteiger partial charge >= 0.3 is 6.09 Å². The molecule has 0 spiro atoms. The van der Waals surface area contributed by atoms with Crippen LogP contribution < -0.4 is 20.9 Å². The number of nitrogens with one attached hydrogen (secondary N) is 3. The number of hydrogen-bond acceptors (Lipinski definition) is 4. The number of rotatable bonds is 7. The van der Waals surface area contributed by atoms with Gasteiger partial charge in [-0.2, -0.15) is 0 Å². The number of alkyl carbamates (subject to hydrolysis) is 1. The zero-order chi connectivity index (χ0) is 19.6. The first-order valence-electron chi connectivity index (χ1n) is 8.89. The fourth-order valence-corrected chi connectivity index (χ4v) is 2.12. The number of guanidine groups is 1. The lowest BCUT2D eigenvalue weighted by atomic mass is 10.2. The molecule has 0 aliphatic rings. The zero-order valence-electron chi connectivity index (χ0n) is 17.3. The van der Waals surface area contributed by atoms with Gasteiger partial charge in [0.15, 0.2) is 5.96 Å². The van der Waals surface area contributed by atoms with Crippen molar-refractivity contribution in [3.8, 4) is 0 Å². The lowest BCUT2D eigenvalue weighted by Crippen LogP contribution is -2.39. The predicted octanol–water partition coefficient (Wildman–Crippen LogP) is 2.95. The molecule has 3 N–H and O–H groups in total. The molecule has 154 valence electrons. The van der Waals surface area contributed by atoms with Crippen LogP contribution in [0, 0.1) is 0 Å². The number of anilines is 1. The van der Waals surface area contributed by atoms with Crippen molar-refractivity contribution in [2.45, 2.75) is 39.3 Å². The number of benzene rings is 1. The smallest absolute Gasteiger partial charge is 0.407 e. The lowest BCUT2D eigenvalue weighted by molar-refractivity contribution is 0.0527. The van der Waals surface area contributed by atoms with E-state index < -0.39 is 5.60 Å². The molecule has 0 bridgehead atoms. The first-order valence-corrected chi connectivity index (χ1v) is 8.89. The van der Waals surface area contributed by atoms with Gasteiger partial charge in [0, 0.05) is 46.5 Å². The van der Waals surface area contributed by atoms with Crippen molar-refractivity contribution in [3.05, 3.63) is 29.8 Å². The van der Waals surface area contributed by atoms with Crippen LogP contribution in [0.4, 0.5) is 10.5 Å². The first-order chi connectivity index (χ1) is 12.2. The van der Waals surface area contributed by atoms with Gasteiger partial charge < -0.3 is 25.6 Å². The molecular formula is C19H34IN5O2. The Balaban J connectivity index is 0.00000676. The van der Waals surface area contributed by atoms with E-state index in [4.69, 9.17) is 4.74 Å². The maximum atomic E-state index is 11.5. The Labute approximate surface area is 180 Å². The third-order valence-corrected chi connectivity index (χ3v) is 3.45. The zero-order valence-corrected chi connectivity index (χ0v) is 19.6. The van der Waals surface area contributed by atoms with Gasteiger partial charge in [-0.15, -0.1) is 24.0 Å². The van der Waals surface area contributed by atoms with Gasteiger partial charge in [-0.1, -0.05) is 12.1 Å². The van der Waals surface area contributed by atoms with Crippen LogP contribution in [-0.2, 0) is 11.3 Å². The quantitative estimate of drug-likeness (QED) is 0.237. The second-order valence-electron chi connectivity index (χ2n) is 7.20. The SMILES string of the molecule is CN=C(NCCCNC(=O)OC(C)(C)C)NCc1ccc(N(C)C)cc1.I. The highest BCUT2D eigenvalue weighted by molar-refractivity contribution is 14.0. The molecule has 1 rings (SSSR count). The molecular weight excluding hydrogens is 457 g/mol. The molecule has 7 nitrogen and oxygen atoms in total. The van der Waals surface area contributed by atoms with E-state index in [0.29, 0.717) is 19.6 Å². The summed E-state index contributed by atoms with van der Waals surface area (Å²) in [6, 6.07) is 8.38. The van der Waals surface area contributed by atoms with Crippen LogP contribution in [0.25, 0.3) is 0 Å². The number of ether oxygens (including phenoxy) is 1. The Kier molecular flexibility index (Phi) is 11.8. The summed E-state index contributed by atoms with van der Waals surface area (Å²) in [5.74, 6) is 0.735. The molecule has 1 amide bonds. The molecule has 0 aliphatic carbocycles. The Morgan fingerprint density at radius 3 is 2.19 bits per heavy atom. The predicted molar refractivity (Wildman–Crippen MR) is 123 cm³/mol. The molecule has 0 aliphatic heterocycles. The average molecular weight is 491 g/mol. The molecule has 1 aromatic rings. The van der Waals surface area contributed by atoms with Crippen LogP contribution in [0.3, 0.4) is 0 Å². The molecule has 0 fully saturated rings. The van der Waals surface area contributed by atoms with Crippen LogP contribution in [0.5, 0.6) is 0 Å². The van der Waals surface area contributed by atoms with Gasteiger partial charge in [0.25, 0.3) is 0 Å². The molecule has 0 saturated heterocycles. The number of carbonyl (C=O) groups is 1. The molecule has 0 heterocycles. The van der Waals surface area contributed by atoms with E-state index in [2.05, 4.69) is 50.1 Å². The first kappa shape index (κ1) is 25.3. The molecule has 0 unspecified atom stereocenters. The van der Waals surface area contributed by atoms with E-state index in [1.807, 2.05) is 34.9 Å². The summed E-state index contributed by atoms with van der Waals surface area (Å²) in [4.78, 5) is 17.8. The van der Waals surface area contributed by atoms with Crippen molar-refractivity contribution < 1.29 is 9.53 Å². The van der Waals surface area contributed by atoms with Crippen molar-refractivity contribution in [1.29, 1.82) is 0 Å². The van der Waals surface area contributed by atoms with Crippen molar-refractivity contribution >= 4 is 41.7 Å². The van der Waals surface area contributed by atoms with Crippen LogP contribution in [-0.4, -0.2) is 51.9 Å². The van der Waals surface area contributed by atoms with E-state index in [1.54, 1.807) is 7.05 Å². The van der Waals surface area contributed by atoms with E-state index in [9.17, 15) is 4.79 Å². The largest absolute Gasteiger partial charge is 0.444 e. The second kappa shape index (κ2) is 12.6. The number of nitrogens with zero attached hydrogens (tertiary/aromatic N) is 2. The molecule has 0 saturated carbocycles. The number of carbonyl (C=O) groups excluding carboxylic acids is 1. The molecule has 27 heavy (non-hydrogen) atoms. The lowest BCUT2D eigenvalue weighted by Gasteiger charge is -2.19. The highest BCUT2D eigenvalue weighted by Crippen LogP contribution is 2.11. The summed E-state index contributed by atoms with van der Waals surface area (Å²) in [7, 11) is 5.79. The fourth-order valence-electron chi connectivity index (χ4n) is 2.12. The maximum absolute atomic E-state index is 11.5. The summed E-state index contributed by atoms with van der Waals surface area (Å²) in [6.45, 7) is 7.48. The minimum absolute atomic E-state index is 0. The van der Waals surface area contributed by atoms with Gasteiger partial charge in [-0.3, -0.25) is 4.99 Å². The number of hydrogen-bond donors (Lipinski definition) is 3. The minimum Gasteiger partial charge on any atom is -0.444 e. The molecule has 8 heteroatoms. The van der Waals surface area contributed by atoms with E-state index in [0.717, 1.165) is 12.4 Å². The van der Waals surface area contributed by atoms with Crippen LogP contribution in [0.2, 0.25) is 0 Å². The highest BCUT2D eigenvalue weighted by atomic mass is 127. The van der Waals surface area contributed by atoms with Crippen molar-refractivity contribution in [2.24, 2.45) is 4.99 Å². The van der Waals surface area contributed by atoms with Crippen molar-refractivity contribution in [2.75, 3.05) is 39.1 Å². The van der Waals surface area contributed by atoms with Gasteiger partial charge in [0.2, 0.25) is 0 Å². The highest BCUT2D eigenvalue weighted by Gasteiger charge is 2.15. The van der Waals surface area contributed by atoms with Crippen molar-refractivity contribution in [1.82, 2.24) is 16.0 Å². The summed E-state index contributed by atoms with van der Waals surface area (Å²) in [5, 5.41) is 9.25. The van der Waals surface area contributed by atoms with Gasteiger partial charge in [0.05, 0.1) is 0 Å². The normalized spacial score (nSPS) is 11.3. The molecule has 0 aromatic heterocycles. The van der Waals surface area contributed by atoms with Crippen molar-refractivity contribution in [3.63, 3.8) is 0 Å². The monoisotopic (exact) mass is 491 g/mol.